The third-order valence-electron chi connectivity index (χ3n) is 1.90. The summed E-state index contributed by atoms with van der Waals surface area (Å²) in [6, 6.07) is 0. The monoisotopic (exact) mass is 213 g/mol. The summed E-state index contributed by atoms with van der Waals surface area (Å²) in [5, 5.41) is 0. The van der Waals surface area contributed by atoms with E-state index in [4.69, 9.17) is 0 Å². The van der Waals surface area contributed by atoms with Crippen molar-refractivity contribution in [1.82, 2.24) is 19.9 Å². The van der Waals surface area contributed by atoms with Crippen molar-refractivity contribution in [3.63, 3.8) is 0 Å². The second-order valence-electron chi connectivity index (χ2n) is 3.38. The SMILES string of the molecule is Cc1cnc(N=Cc2cnc(C)nc2)nc1. The van der Waals surface area contributed by atoms with Crippen molar-refractivity contribution >= 4 is 12.2 Å². The lowest BCUT2D eigenvalue weighted by atomic mass is 10.4. The molecule has 0 bridgehead atoms. The Morgan fingerprint density at radius 1 is 0.938 bits per heavy atom. The Bertz CT molecular complexity index is 439. The number of hydrogen-bond acceptors (Lipinski definition) is 5. The van der Waals surface area contributed by atoms with Gasteiger partial charge in [-0.1, -0.05) is 0 Å². The third kappa shape index (κ3) is 2.66. The van der Waals surface area contributed by atoms with E-state index in [0.717, 1.165) is 17.0 Å². The van der Waals surface area contributed by atoms with Gasteiger partial charge in [0, 0.05) is 36.6 Å². The predicted octanol–water partition coefficient (Wildman–Crippen LogP) is 1.63. The minimum Gasteiger partial charge on any atom is -0.241 e. The van der Waals surface area contributed by atoms with Gasteiger partial charge in [-0.3, -0.25) is 0 Å². The van der Waals surface area contributed by atoms with Crippen LogP contribution in [0.4, 0.5) is 5.95 Å². The highest BCUT2D eigenvalue weighted by Crippen LogP contribution is 2.02. The van der Waals surface area contributed by atoms with Crippen LogP contribution >= 0.6 is 0 Å². The first-order chi connectivity index (χ1) is 7.74. The van der Waals surface area contributed by atoms with Crippen LogP contribution in [0.15, 0.2) is 29.8 Å². The maximum atomic E-state index is 4.12. The Morgan fingerprint density at radius 2 is 1.56 bits per heavy atom. The quantitative estimate of drug-likeness (QED) is 0.711. The van der Waals surface area contributed by atoms with E-state index in [1.165, 1.54) is 0 Å². The first kappa shape index (κ1) is 10.4. The summed E-state index contributed by atoms with van der Waals surface area (Å²) in [5.41, 5.74) is 1.84. The van der Waals surface area contributed by atoms with E-state index in [1.54, 1.807) is 31.0 Å². The van der Waals surface area contributed by atoms with E-state index in [-0.39, 0.29) is 0 Å². The molecule has 0 unspecified atom stereocenters. The molecule has 2 aromatic heterocycles. The molecule has 0 saturated heterocycles. The molecule has 0 spiro atoms. The number of aliphatic imine (C=N–C) groups is 1. The molecule has 0 N–H and O–H groups in total. The first-order valence-electron chi connectivity index (χ1n) is 4.85. The van der Waals surface area contributed by atoms with Crippen molar-refractivity contribution in [2.24, 2.45) is 4.99 Å². The molecule has 0 aliphatic heterocycles. The van der Waals surface area contributed by atoms with Crippen LogP contribution in [0.1, 0.15) is 17.0 Å². The average Bonchev–Trinajstić information content (AvgIpc) is 2.30. The van der Waals surface area contributed by atoms with Crippen LogP contribution in [0.5, 0.6) is 0 Å². The molecule has 80 valence electrons. The summed E-state index contributed by atoms with van der Waals surface area (Å²) >= 11 is 0. The molecule has 2 aromatic rings. The molecule has 2 heterocycles. The van der Waals surface area contributed by atoms with Crippen LogP contribution in [0.2, 0.25) is 0 Å². The van der Waals surface area contributed by atoms with E-state index in [0.29, 0.717) is 5.95 Å². The van der Waals surface area contributed by atoms with Gasteiger partial charge in [-0.2, -0.15) is 0 Å². The van der Waals surface area contributed by atoms with Gasteiger partial charge in [0.2, 0.25) is 5.95 Å². The summed E-state index contributed by atoms with van der Waals surface area (Å²) in [6.45, 7) is 3.77. The summed E-state index contributed by atoms with van der Waals surface area (Å²) < 4.78 is 0. The maximum absolute atomic E-state index is 4.12. The van der Waals surface area contributed by atoms with E-state index in [1.807, 2.05) is 13.8 Å². The molecular weight excluding hydrogens is 202 g/mol. The van der Waals surface area contributed by atoms with Crippen molar-refractivity contribution < 1.29 is 0 Å². The summed E-state index contributed by atoms with van der Waals surface area (Å²) in [4.78, 5) is 20.4. The van der Waals surface area contributed by atoms with E-state index in [9.17, 15) is 0 Å². The molecule has 0 amide bonds. The molecule has 0 radical (unpaired) electrons. The van der Waals surface area contributed by atoms with Crippen LogP contribution in [0.3, 0.4) is 0 Å². The number of aromatic nitrogens is 4. The highest BCUT2D eigenvalue weighted by molar-refractivity contribution is 5.80. The minimum atomic E-state index is 0.436. The zero-order valence-electron chi connectivity index (χ0n) is 9.12. The van der Waals surface area contributed by atoms with Gasteiger partial charge in [-0.25, -0.2) is 24.9 Å². The molecule has 0 saturated carbocycles. The summed E-state index contributed by atoms with van der Waals surface area (Å²) in [7, 11) is 0. The molecule has 16 heavy (non-hydrogen) atoms. The highest BCUT2D eigenvalue weighted by Gasteiger charge is 1.92. The maximum Gasteiger partial charge on any atom is 0.249 e. The zero-order valence-corrected chi connectivity index (χ0v) is 9.12. The molecule has 0 aliphatic rings. The molecule has 0 atom stereocenters. The average molecular weight is 213 g/mol. The lowest BCUT2D eigenvalue weighted by molar-refractivity contribution is 1.05. The van der Waals surface area contributed by atoms with Crippen molar-refractivity contribution in [3.8, 4) is 0 Å². The fraction of sp³-hybridized carbons (Fsp3) is 0.182. The van der Waals surface area contributed by atoms with Crippen molar-refractivity contribution in [2.75, 3.05) is 0 Å². The fourth-order valence-electron chi connectivity index (χ4n) is 1.05. The molecule has 2 rings (SSSR count). The number of hydrogen-bond donors (Lipinski definition) is 0. The molecule has 0 aliphatic carbocycles. The van der Waals surface area contributed by atoms with Crippen molar-refractivity contribution in [3.05, 3.63) is 41.7 Å². The number of rotatable bonds is 2. The van der Waals surface area contributed by atoms with Crippen LogP contribution < -0.4 is 0 Å². The summed E-state index contributed by atoms with van der Waals surface area (Å²) in [6.07, 6.45) is 8.51. The fourth-order valence-corrected chi connectivity index (χ4v) is 1.05. The van der Waals surface area contributed by atoms with Gasteiger partial charge in [0.25, 0.3) is 0 Å². The Balaban J connectivity index is 2.15. The van der Waals surface area contributed by atoms with Crippen LogP contribution in [-0.4, -0.2) is 26.2 Å². The van der Waals surface area contributed by atoms with E-state index in [2.05, 4.69) is 24.9 Å². The minimum absolute atomic E-state index is 0.436. The van der Waals surface area contributed by atoms with E-state index < -0.39 is 0 Å². The van der Waals surface area contributed by atoms with Crippen molar-refractivity contribution in [1.29, 1.82) is 0 Å². The standard InChI is InChI=1S/C11H11N5/c1-8-3-14-11(15-4-8)16-7-10-5-12-9(2)13-6-10/h3-7H,1-2H3. The van der Waals surface area contributed by atoms with Gasteiger partial charge in [0.05, 0.1) is 0 Å². The molecule has 5 nitrogen and oxygen atoms in total. The Hall–Kier alpha value is -2.17. The smallest absolute Gasteiger partial charge is 0.241 e. The Labute approximate surface area is 93.4 Å². The second-order valence-corrected chi connectivity index (χ2v) is 3.38. The Morgan fingerprint density at radius 3 is 2.19 bits per heavy atom. The lowest BCUT2D eigenvalue weighted by Crippen LogP contribution is -1.90. The highest BCUT2D eigenvalue weighted by atomic mass is 15.0. The lowest BCUT2D eigenvalue weighted by Gasteiger charge is -1.94. The molecular formula is C11H11N5. The second kappa shape index (κ2) is 4.57. The Kier molecular flexibility index (Phi) is 2.95. The van der Waals surface area contributed by atoms with Crippen molar-refractivity contribution in [2.45, 2.75) is 13.8 Å². The van der Waals surface area contributed by atoms with Crippen LogP contribution in [0, 0.1) is 13.8 Å². The first-order valence-corrected chi connectivity index (χ1v) is 4.85. The normalized spacial score (nSPS) is 10.9. The molecule has 5 heteroatoms. The zero-order chi connectivity index (χ0) is 11.4. The van der Waals surface area contributed by atoms with Gasteiger partial charge in [-0.05, 0) is 19.4 Å². The third-order valence-corrected chi connectivity index (χ3v) is 1.90. The van der Waals surface area contributed by atoms with Gasteiger partial charge in [0.1, 0.15) is 5.82 Å². The summed E-state index contributed by atoms with van der Waals surface area (Å²) in [5.74, 6) is 1.18. The van der Waals surface area contributed by atoms with Gasteiger partial charge in [-0.15, -0.1) is 0 Å². The van der Waals surface area contributed by atoms with Gasteiger partial charge < -0.3 is 0 Å². The predicted molar refractivity (Wildman–Crippen MR) is 60.8 cm³/mol. The largest absolute Gasteiger partial charge is 0.249 e. The van der Waals surface area contributed by atoms with Gasteiger partial charge in [0.15, 0.2) is 0 Å². The molecule has 0 aromatic carbocycles. The van der Waals surface area contributed by atoms with Gasteiger partial charge >= 0.3 is 0 Å². The topological polar surface area (TPSA) is 63.9 Å². The van der Waals surface area contributed by atoms with Crippen LogP contribution in [0.25, 0.3) is 0 Å². The number of nitrogens with zero attached hydrogens (tertiary/aromatic N) is 5. The van der Waals surface area contributed by atoms with Crippen LogP contribution in [-0.2, 0) is 0 Å². The van der Waals surface area contributed by atoms with E-state index >= 15 is 0 Å². The number of aryl methyl sites for hydroxylation is 2. The molecule has 0 fully saturated rings.